The molecule has 2 aromatic rings. The van der Waals surface area contributed by atoms with E-state index in [4.69, 9.17) is 12.2 Å². The molecular weight excluding hydrogens is 260 g/mol. The monoisotopic (exact) mass is 278 g/mol. The summed E-state index contributed by atoms with van der Waals surface area (Å²) in [6.07, 6.45) is 0. The molecule has 2 heterocycles. The molecule has 0 aliphatic rings. The highest BCUT2D eigenvalue weighted by Gasteiger charge is 2.16. The van der Waals surface area contributed by atoms with Crippen LogP contribution in [0.3, 0.4) is 0 Å². The summed E-state index contributed by atoms with van der Waals surface area (Å²) < 4.78 is 2.16. The molecule has 0 spiro atoms. The molecule has 2 N–H and O–H groups in total. The van der Waals surface area contributed by atoms with Gasteiger partial charge >= 0.3 is 0 Å². The van der Waals surface area contributed by atoms with Crippen LogP contribution >= 0.6 is 12.2 Å². The Balaban J connectivity index is 2.70. The van der Waals surface area contributed by atoms with Gasteiger partial charge in [0.25, 0.3) is 5.56 Å². The largest absolute Gasteiger partial charge is 0.309 e. The summed E-state index contributed by atoms with van der Waals surface area (Å²) in [7, 11) is 0. The van der Waals surface area contributed by atoms with Gasteiger partial charge in [-0.05, 0) is 44.1 Å². The van der Waals surface area contributed by atoms with Gasteiger partial charge in [-0.15, -0.1) is 0 Å². The van der Waals surface area contributed by atoms with E-state index in [1.807, 2.05) is 24.5 Å². The Hall–Kier alpha value is -1.69. The van der Waals surface area contributed by atoms with Crippen molar-refractivity contribution in [3.63, 3.8) is 0 Å². The summed E-state index contributed by atoms with van der Waals surface area (Å²) in [5.41, 5.74) is 1.52. The van der Waals surface area contributed by atoms with Crippen LogP contribution in [0, 0.1) is 4.77 Å². The number of aromatic amines is 2. The lowest BCUT2D eigenvalue weighted by atomic mass is 10.1. The van der Waals surface area contributed by atoms with E-state index in [1.165, 1.54) is 0 Å². The molecule has 2 rings (SSSR count). The van der Waals surface area contributed by atoms with Crippen LogP contribution in [0.5, 0.6) is 0 Å². The maximum Gasteiger partial charge on any atom is 0.262 e. The van der Waals surface area contributed by atoms with E-state index in [9.17, 15) is 4.79 Å². The zero-order chi connectivity index (χ0) is 14.2. The van der Waals surface area contributed by atoms with Gasteiger partial charge in [0.15, 0.2) is 5.82 Å². The van der Waals surface area contributed by atoms with Crippen molar-refractivity contribution in [2.75, 3.05) is 0 Å². The zero-order valence-corrected chi connectivity index (χ0v) is 12.3. The van der Waals surface area contributed by atoms with E-state index < -0.39 is 0 Å². The molecule has 0 unspecified atom stereocenters. The van der Waals surface area contributed by atoms with Crippen molar-refractivity contribution in [3.05, 3.63) is 33.0 Å². The summed E-state index contributed by atoms with van der Waals surface area (Å²) in [4.78, 5) is 16.7. The van der Waals surface area contributed by atoms with Crippen LogP contribution < -0.4 is 5.56 Å². The lowest BCUT2D eigenvalue weighted by molar-refractivity contribution is 0.535. The van der Waals surface area contributed by atoms with Gasteiger partial charge in [0, 0.05) is 11.7 Å². The van der Waals surface area contributed by atoms with Gasteiger partial charge in [0.2, 0.25) is 4.77 Å². The van der Waals surface area contributed by atoms with Crippen molar-refractivity contribution in [3.8, 4) is 11.4 Å². The molecule has 2 aromatic heterocycles. The molecule has 0 aromatic carbocycles. The molecule has 102 valence electrons. The molecule has 0 amide bonds. The van der Waals surface area contributed by atoms with Gasteiger partial charge in [0.05, 0.1) is 5.56 Å². The molecule has 0 atom stereocenters. The van der Waals surface area contributed by atoms with Crippen molar-refractivity contribution in [2.24, 2.45) is 0 Å². The molecule has 0 fully saturated rings. The van der Waals surface area contributed by atoms with E-state index >= 15 is 0 Å². The molecular formula is C13H18N4OS. The predicted octanol–water partition coefficient (Wildman–Crippen LogP) is 3.00. The lowest BCUT2D eigenvalue weighted by Gasteiger charge is -2.19. The first-order chi connectivity index (χ1) is 8.91. The Morgan fingerprint density at radius 2 is 1.89 bits per heavy atom. The SMILES string of the molecule is CC(C)c1ccc(-c2nc(=S)[nH][nH]2)c(=O)n1C(C)C. The average Bonchev–Trinajstić information content (AvgIpc) is 2.74. The zero-order valence-electron chi connectivity index (χ0n) is 11.5. The van der Waals surface area contributed by atoms with E-state index in [-0.39, 0.29) is 11.6 Å². The van der Waals surface area contributed by atoms with Crippen LogP contribution in [0.25, 0.3) is 11.4 Å². The maximum atomic E-state index is 12.6. The molecule has 5 nitrogen and oxygen atoms in total. The van der Waals surface area contributed by atoms with Gasteiger partial charge in [-0.3, -0.25) is 15.0 Å². The first-order valence-corrected chi connectivity index (χ1v) is 6.73. The number of aromatic nitrogens is 4. The number of rotatable bonds is 3. The fraction of sp³-hybridized carbons (Fsp3) is 0.462. The van der Waals surface area contributed by atoms with Crippen LogP contribution in [0.15, 0.2) is 16.9 Å². The van der Waals surface area contributed by atoms with Gasteiger partial charge in [-0.1, -0.05) is 13.8 Å². The third kappa shape index (κ3) is 2.53. The fourth-order valence-electron chi connectivity index (χ4n) is 2.15. The number of nitrogens with zero attached hydrogens (tertiary/aromatic N) is 2. The highest BCUT2D eigenvalue weighted by molar-refractivity contribution is 7.71. The fourth-order valence-corrected chi connectivity index (χ4v) is 2.29. The van der Waals surface area contributed by atoms with Crippen LogP contribution in [-0.4, -0.2) is 19.7 Å². The Morgan fingerprint density at radius 1 is 1.21 bits per heavy atom. The number of hydrogen-bond donors (Lipinski definition) is 2. The Kier molecular flexibility index (Phi) is 3.71. The third-order valence-corrected chi connectivity index (χ3v) is 3.21. The summed E-state index contributed by atoms with van der Waals surface area (Å²) in [6.45, 7) is 8.17. The lowest BCUT2D eigenvalue weighted by Crippen LogP contribution is -2.27. The molecule has 0 saturated heterocycles. The first-order valence-electron chi connectivity index (χ1n) is 6.32. The second-order valence-electron chi connectivity index (χ2n) is 5.11. The van der Waals surface area contributed by atoms with E-state index in [1.54, 1.807) is 6.07 Å². The highest BCUT2D eigenvalue weighted by atomic mass is 32.1. The smallest absolute Gasteiger partial charge is 0.262 e. The van der Waals surface area contributed by atoms with E-state index in [0.29, 0.717) is 22.1 Å². The molecule has 19 heavy (non-hydrogen) atoms. The minimum Gasteiger partial charge on any atom is -0.309 e. The van der Waals surface area contributed by atoms with Crippen LogP contribution in [0.2, 0.25) is 0 Å². The first kappa shape index (κ1) is 13.7. The molecule has 0 saturated carbocycles. The number of pyridine rings is 1. The number of H-pyrrole nitrogens is 2. The third-order valence-electron chi connectivity index (χ3n) is 3.01. The van der Waals surface area contributed by atoms with Crippen molar-refractivity contribution >= 4 is 12.2 Å². The average molecular weight is 278 g/mol. The number of nitrogens with one attached hydrogen (secondary N) is 2. The Labute approximate surface area is 116 Å². The minimum absolute atomic E-state index is 0.0426. The molecule has 0 radical (unpaired) electrons. The Morgan fingerprint density at radius 3 is 2.37 bits per heavy atom. The molecule has 6 heteroatoms. The van der Waals surface area contributed by atoms with Gasteiger partial charge in [-0.25, -0.2) is 0 Å². The van der Waals surface area contributed by atoms with Crippen LogP contribution in [-0.2, 0) is 0 Å². The van der Waals surface area contributed by atoms with Crippen LogP contribution in [0.1, 0.15) is 45.3 Å². The van der Waals surface area contributed by atoms with Crippen molar-refractivity contribution in [1.29, 1.82) is 0 Å². The molecule has 0 aliphatic carbocycles. The summed E-state index contributed by atoms with van der Waals surface area (Å²) in [5.74, 6) is 0.779. The van der Waals surface area contributed by atoms with E-state index in [0.717, 1.165) is 5.69 Å². The van der Waals surface area contributed by atoms with Crippen molar-refractivity contribution < 1.29 is 0 Å². The maximum absolute atomic E-state index is 12.6. The second kappa shape index (κ2) is 5.13. The highest BCUT2D eigenvalue weighted by Crippen LogP contribution is 2.19. The Bertz CT molecular complexity index is 693. The molecule has 0 bridgehead atoms. The minimum atomic E-state index is -0.0426. The van der Waals surface area contributed by atoms with Gasteiger partial charge in [-0.2, -0.15) is 4.98 Å². The van der Waals surface area contributed by atoms with Crippen LogP contribution in [0.4, 0.5) is 0 Å². The summed E-state index contributed by atoms with van der Waals surface area (Å²) in [5, 5.41) is 5.53. The van der Waals surface area contributed by atoms with Gasteiger partial charge < -0.3 is 4.57 Å². The topological polar surface area (TPSA) is 66.5 Å². The van der Waals surface area contributed by atoms with Crippen molar-refractivity contribution in [1.82, 2.24) is 19.7 Å². The number of hydrogen-bond acceptors (Lipinski definition) is 3. The second-order valence-corrected chi connectivity index (χ2v) is 5.50. The van der Waals surface area contributed by atoms with E-state index in [2.05, 4.69) is 29.0 Å². The molecule has 0 aliphatic heterocycles. The normalized spacial score (nSPS) is 11.5. The standard InChI is InChI=1S/C13H18N4OS/c1-7(2)10-6-5-9(11-14-13(19)16-15-11)12(18)17(10)8(3)4/h5-8H,1-4H3,(H2,14,15,16,19). The summed E-state index contributed by atoms with van der Waals surface area (Å²) >= 11 is 4.92. The quantitative estimate of drug-likeness (QED) is 0.848. The summed E-state index contributed by atoms with van der Waals surface area (Å²) in [6, 6.07) is 3.89. The van der Waals surface area contributed by atoms with Crippen molar-refractivity contribution in [2.45, 2.75) is 39.7 Å². The predicted molar refractivity (Wildman–Crippen MR) is 77.9 cm³/mol. The van der Waals surface area contributed by atoms with Gasteiger partial charge in [0.1, 0.15) is 0 Å².